The van der Waals surface area contributed by atoms with E-state index >= 15 is 0 Å². The van der Waals surface area contributed by atoms with Crippen LogP contribution in [0.2, 0.25) is 5.02 Å². The van der Waals surface area contributed by atoms with Gasteiger partial charge in [-0.1, -0.05) is 24.6 Å². The summed E-state index contributed by atoms with van der Waals surface area (Å²) in [7, 11) is 0. The number of nitrogens with one attached hydrogen (secondary N) is 2. The maximum Gasteiger partial charge on any atom is 0.136 e. The van der Waals surface area contributed by atoms with Crippen LogP contribution in [0.25, 0.3) is 0 Å². The molecule has 2 N–H and O–H groups in total. The van der Waals surface area contributed by atoms with Gasteiger partial charge in [-0.05, 0) is 41.4 Å². The third-order valence-corrected chi connectivity index (χ3v) is 4.01. The van der Waals surface area contributed by atoms with Crippen molar-refractivity contribution in [2.75, 3.05) is 17.2 Å². The lowest BCUT2D eigenvalue weighted by Crippen LogP contribution is -2.05. The average Bonchev–Trinajstić information content (AvgIpc) is 2.41. The van der Waals surface area contributed by atoms with Crippen LogP contribution in [0.4, 0.5) is 17.3 Å². The first kappa shape index (κ1) is 15.1. The summed E-state index contributed by atoms with van der Waals surface area (Å²) in [5.41, 5.74) is 0.872. The van der Waals surface area contributed by atoms with E-state index in [0.29, 0.717) is 10.8 Å². The van der Waals surface area contributed by atoms with Crippen molar-refractivity contribution in [3.05, 3.63) is 39.6 Å². The van der Waals surface area contributed by atoms with Gasteiger partial charge in [0.1, 0.15) is 17.5 Å². The molecule has 1 aromatic heterocycles. The average molecular weight is 356 g/mol. The van der Waals surface area contributed by atoms with E-state index in [1.807, 2.05) is 31.2 Å². The summed E-state index contributed by atoms with van der Waals surface area (Å²) in [6, 6.07) is 7.54. The number of rotatable bonds is 5. The smallest absolute Gasteiger partial charge is 0.136 e. The molecule has 1 aromatic carbocycles. The molecular formula is C14H16BrClN4. The van der Waals surface area contributed by atoms with Crippen LogP contribution in [0.15, 0.2) is 28.7 Å². The number of anilines is 3. The number of aryl methyl sites for hydroxylation is 1. The van der Waals surface area contributed by atoms with E-state index in [2.05, 4.69) is 43.5 Å². The van der Waals surface area contributed by atoms with Crippen LogP contribution in [-0.2, 0) is 0 Å². The Hall–Kier alpha value is -1.33. The Morgan fingerprint density at radius 1 is 1.25 bits per heavy atom. The molecule has 0 aliphatic heterocycles. The van der Waals surface area contributed by atoms with E-state index in [1.165, 1.54) is 0 Å². The predicted octanol–water partition coefficient (Wildman–Crippen LogP) is 4.77. The van der Waals surface area contributed by atoms with E-state index in [1.54, 1.807) is 0 Å². The quantitative estimate of drug-likeness (QED) is 0.811. The second-order valence-electron chi connectivity index (χ2n) is 4.34. The van der Waals surface area contributed by atoms with Gasteiger partial charge in [-0.3, -0.25) is 0 Å². The third kappa shape index (κ3) is 3.84. The SMILES string of the molecule is CCCNc1cc(Nc2cccc(Cl)c2Br)nc(C)n1. The molecule has 0 aliphatic carbocycles. The minimum absolute atomic E-state index is 0.658. The van der Waals surface area contributed by atoms with Gasteiger partial charge in [-0.15, -0.1) is 0 Å². The third-order valence-electron chi connectivity index (χ3n) is 2.61. The summed E-state index contributed by atoms with van der Waals surface area (Å²) in [5, 5.41) is 7.16. The van der Waals surface area contributed by atoms with Gasteiger partial charge in [-0.25, -0.2) is 9.97 Å². The van der Waals surface area contributed by atoms with E-state index < -0.39 is 0 Å². The van der Waals surface area contributed by atoms with Gasteiger partial charge in [-0.2, -0.15) is 0 Å². The van der Waals surface area contributed by atoms with Crippen molar-refractivity contribution in [1.82, 2.24) is 9.97 Å². The molecule has 0 bridgehead atoms. The van der Waals surface area contributed by atoms with Crippen molar-refractivity contribution >= 4 is 44.9 Å². The minimum atomic E-state index is 0.658. The molecule has 0 radical (unpaired) electrons. The number of aromatic nitrogens is 2. The highest BCUT2D eigenvalue weighted by Gasteiger charge is 2.06. The molecule has 0 saturated heterocycles. The topological polar surface area (TPSA) is 49.8 Å². The first-order valence-corrected chi connectivity index (χ1v) is 7.58. The monoisotopic (exact) mass is 354 g/mol. The zero-order valence-electron chi connectivity index (χ0n) is 11.4. The maximum absolute atomic E-state index is 6.08. The van der Waals surface area contributed by atoms with Crippen LogP contribution >= 0.6 is 27.5 Å². The molecule has 0 fully saturated rings. The summed E-state index contributed by atoms with van der Waals surface area (Å²) < 4.78 is 0.820. The van der Waals surface area contributed by atoms with Crippen LogP contribution in [0, 0.1) is 6.92 Å². The minimum Gasteiger partial charge on any atom is -0.370 e. The van der Waals surface area contributed by atoms with Crippen molar-refractivity contribution in [2.45, 2.75) is 20.3 Å². The molecule has 0 unspecified atom stereocenters. The molecule has 4 nitrogen and oxygen atoms in total. The Kier molecular flexibility index (Phi) is 5.20. The van der Waals surface area contributed by atoms with Crippen molar-refractivity contribution in [3.8, 4) is 0 Å². The van der Waals surface area contributed by atoms with Crippen LogP contribution < -0.4 is 10.6 Å². The zero-order valence-corrected chi connectivity index (χ0v) is 13.7. The van der Waals surface area contributed by atoms with Crippen LogP contribution in [0.1, 0.15) is 19.2 Å². The van der Waals surface area contributed by atoms with Crippen LogP contribution in [0.3, 0.4) is 0 Å². The predicted molar refractivity (Wildman–Crippen MR) is 88.0 cm³/mol. The molecule has 106 valence electrons. The van der Waals surface area contributed by atoms with Gasteiger partial charge in [0.05, 0.1) is 15.2 Å². The Morgan fingerprint density at radius 2 is 2.00 bits per heavy atom. The van der Waals surface area contributed by atoms with Gasteiger partial charge in [0.2, 0.25) is 0 Å². The number of benzene rings is 1. The van der Waals surface area contributed by atoms with E-state index in [9.17, 15) is 0 Å². The molecule has 0 amide bonds. The Morgan fingerprint density at radius 3 is 2.75 bits per heavy atom. The summed E-state index contributed by atoms with van der Waals surface area (Å²) in [4.78, 5) is 8.73. The summed E-state index contributed by atoms with van der Waals surface area (Å²) in [6.45, 7) is 4.87. The normalized spacial score (nSPS) is 10.4. The summed E-state index contributed by atoms with van der Waals surface area (Å²) >= 11 is 9.54. The fourth-order valence-corrected chi connectivity index (χ4v) is 2.25. The highest BCUT2D eigenvalue weighted by molar-refractivity contribution is 9.10. The largest absolute Gasteiger partial charge is 0.370 e. The highest BCUT2D eigenvalue weighted by Crippen LogP contribution is 2.31. The molecule has 0 spiro atoms. The second-order valence-corrected chi connectivity index (χ2v) is 5.54. The zero-order chi connectivity index (χ0) is 14.5. The number of hydrogen-bond acceptors (Lipinski definition) is 4. The van der Waals surface area contributed by atoms with Crippen molar-refractivity contribution in [2.24, 2.45) is 0 Å². The van der Waals surface area contributed by atoms with E-state index in [-0.39, 0.29) is 0 Å². The van der Waals surface area contributed by atoms with Crippen molar-refractivity contribution in [1.29, 1.82) is 0 Å². The molecule has 1 heterocycles. The second kappa shape index (κ2) is 6.90. The fraction of sp³-hybridized carbons (Fsp3) is 0.286. The van der Waals surface area contributed by atoms with Gasteiger partial charge in [0.15, 0.2) is 0 Å². The summed E-state index contributed by atoms with van der Waals surface area (Å²) in [5.74, 6) is 2.27. The number of halogens is 2. The van der Waals surface area contributed by atoms with E-state index in [0.717, 1.165) is 34.8 Å². The van der Waals surface area contributed by atoms with E-state index in [4.69, 9.17) is 11.6 Å². The molecule has 6 heteroatoms. The lowest BCUT2D eigenvalue weighted by Gasteiger charge is -2.11. The molecule has 0 atom stereocenters. The number of hydrogen-bond donors (Lipinski definition) is 2. The lowest BCUT2D eigenvalue weighted by atomic mass is 10.3. The lowest BCUT2D eigenvalue weighted by molar-refractivity contribution is 0.955. The highest BCUT2D eigenvalue weighted by atomic mass is 79.9. The molecular weight excluding hydrogens is 340 g/mol. The van der Waals surface area contributed by atoms with Crippen molar-refractivity contribution in [3.63, 3.8) is 0 Å². The molecule has 0 saturated carbocycles. The van der Waals surface area contributed by atoms with Gasteiger partial charge in [0.25, 0.3) is 0 Å². The molecule has 0 aliphatic rings. The number of nitrogens with zero attached hydrogens (tertiary/aromatic N) is 2. The summed E-state index contributed by atoms with van der Waals surface area (Å²) in [6.07, 6.45) is 1.05. The Labute approximate surface area is 132 Å². The van der Waals surface area contributed by atoms with Gasteiger partial charge in [0, 0.05) is 12.6 Å². The fourth-order valence-electron chi connectivity index (χ4n) is 1.71. The Bertz CT molecular complexity index is 604. The molecule has 2 aromatic rings. The van der Waals surface area contributed by atoms with Gasteiger partial charge >= 0.3 is 0 Å². The van der Waals surface area contributed by atoms with Gasteiger partial charge < -0.3 is 10.6 Å². The first-order valence-electron chi connectivity index (χ1n) is 6.40. The van der Waals surface area contributed by atoms with Crippen molar-refractivity contribution < 1.29 is 0 Å². The van der Waals surface area contributed by atoms with Crippen LogP contribution in [-0.4, -0.2) is 16.5 Å². The first-order chi connectivity index (χ1) is 9.60. The molecule has 2 rings (SSSR count). The standard InChI is InChI=1S/C14H16BrClN4/c1-3-7-17-12-8-13(19-9(2)18-12)20-11-6-4-5-10(16)14(11)15/h4-6,8H,3,7H2,1-2H3,(H2,17,18,19,20). The van der Waals surface area contributed by atoms with Crippen LogP contribution in [0.5, 0.6) is 0 Å². The molecule has 20 heavy (non-hydrogen) atoms. The Balaban J connectivity index is 2.24. The maximum atomic E-state index is 6.08.